The topological polar surface area (TPSA) is 88.4 Å². The number of nitrogens with one attached hydrogen (secondary N) is 1. The van der Waals surface area contributed by atoms with E-state index >= 15 is 0 Å². The molecule has 0 saturated heterocycles. The first-order valence-electron chi connectivity index (χ1n) is 6.64. The molecule has 0 radical (unpaired) electrons. The van der Waals surface area contributed by atoms with Crippen molar-refractivity contribution in [3.8, 4) is 0 Å². The van der Waals surface area contributed by atoms with E-state index in [0.717, 1.165) is 12.0 Å². The number of carbonyl (C=O) groups is 2. The Kier molecular flexibility index (Phi) is 6.49. The van der Waals surface area contributed by atoms with Gasteiger partial charge in [0.15, 0.2) is 0 Å². The van der Waals surface area contributed by atoms with Crippen LogP contribution < -0.4 is 10.9 Å². The summed E-state index contributed by atoms with van der Waals surface area (Å²) in [6, 6.07) is 3.31. The van der Waals surface area contributed by atoms with Crippen molar-refractivity contribution in [3.05, 3.63) is 34.2 Å². The van der Waals surface area contributed by atoms with Gasteiger partial charge in [0, 0.05) is 31.8 Å². The average Bonchev–Trinajstić information content (AvgIpc) is 2.38. The van der Waals surface area contributed by atoms with Crippen LogP contribution in [-0.2, 0) is 16.1 Å². The number of aliphatic carboxylic acids is 1. The van der Waals surface area contributed by atoms with Crippen molar-refractivity contribution in [1.82, 2.24) is 9.88 Å². The van der Waals surface area contributed by atoms with Crippen LogP contribution in [0.15, 0.2) is 23.1 Å². The molecule has 1 aromatic heterocycles. The van der Waals surface area contributed by atoms with Gasteiger partial charge in [-0.15, -0.1) is 0 Å². The molecule has 0 spiro atoms. The van der Waals surface area contributed by atoms with Crippen LogP contribution in [0.25, 0.3) is 0 Å². The molecule has 0 aliphatic rings. The fourth-order valence-electron chi connectivity index (χ4n) is 1.79. The Labute approximate surface area is 117 Å². The number of hydrogen-bond acceptors (Lipinski definition) is 3. The summed E-state index contributed by atoms with van der Waals surface area (Å²) in [5.41, 5.74) is 0.984. The molecule has 0 saturated carbocycles. The monoisotopic (exact) mass is 280 g/mol. The highest BCUT2D eigenvalue weighted by Gasteiger charge is 2.03. The molecule has 0 aromatic carbocycles. The van der Waals surface area contributed by atoms with Crippen molar-refractivity contribution >= 4 is 11.9 Å². The minimum atomic E-state index is -0.927. The molecule has 0 bridgehead atoms. The maximum Gasteiger partial charge on any atom is 0.305 e. The minimum Gasteiger partial charge on any atom is -0.481 e. The summed E-state index contributed by atoms with van der Waals surface area (Å²) in [5.74, 6) is -1.08. The second-order valence-electron chi connectivity index (χ2n) is 4.69. The van der Waals surface area contributed by atoms with Gasteiger partial charge in [0.25, 0.3) is 5.56 Å². The molecule has 0 fully saturated rings. The predicted molar refractivity (Wildman–Crippen MR) is 74.6 cm³/mol. The lowest BCUT2D eigenvalue weighted by Gasteiger charge is -2.06. The number of hydrogen-bond donors (Lipinski definition) is 2. The highest BCUT2D eigenvalue weighted by molar-refractivity contribution is 5.76. The third-order valence-electron chi connectivity index (χ3n) is 2.85. The molecule has 0 unspecified atom stereocenters. The number of nitrogens with zero attached hydrogens (tertiary/aromatic N) is 1. The lowest BCUT2D eigenvalue weighted by atomic mass is 10.2. The van der Waals surface area contributed by atoms with E-state index in [1.54, 1.807) is 16.8 Å². The number of aryl methyl sites for hydroxylation is 2. The first-order chi connectivity index (χ1) is 9.49. The zero-order valence-corrected chi connectivity index (χ0v) is 11.6. The van der Waals surface area contributed by atoms with E-state index in [4.69, 9.17) is 5.11 Å². The maximum atomic E-state index is 11.5. The minimum absolute atomic E-state index is 0.0403. The molecule has 6 heteroatoms. The third kappa shape index (κ3) is 6.17. The van der Waals surface area contributed by atoms with E-state index in [1.165, 1.54) is 6.07 Å². The first kappa shape index (κ1) is 15.9. The Morgan fingerprint density at radius 3 is 2.70 bits per heavy atom. The van der Waals surface area contributed by atoms with Gasteiger partial charge in [-0.05, 0) is 25.3 Å². The number of aromatic nitrogens is 1. The van der Waals surface area contributed by atoms with Crippen LogP contribution in [0.4, 0.5) is 0 Å². The molecule has 110 valence electrons. The van der Waals surface area contributed by atoms with Crippen LogP contribution in [-0.4, -0.2) is 28.1 Å². The largest absolute Gasteiger partial charge is 0.481 e. The first-order valence-corrected chi connectivity index (χ1v) is 6.64. The molecule has 1 heterocycles. The Hall–Kier alpha value is -2.11. The molecule has 20 heavy (non-hydrogen) atoms. The number of carbonyl (C=O) groups excluding carboxylic acids is 1. The summed E-state index contributed by atoms with van der Waals surface area (Å²) in [6.07, 6.45) is 3.48. The highest BCUT2D eigenvalue weighted by atomic mass is 16.4. The number of unbranched alkanes of at least 4 members (excludes halogenated alkanes) is 1. The number of amides is 1. The van der Waals surface area contributed by atoms with Gasteiger partial charge in [-0.3, -0.25) is 14.4 Å². The molecular weight excluding hydrogens is 260 g/mol. The molecule has 0 aliphatic carbocycles. The molecule has 1 amide bonds. The van der Waals surface area contributed by atoms with E-state index in [-0.39, 0.29) is 24.4 Å². The quantitative estimate of drug-likeness (QED) is 0.693. The van der Waals surface area contributed by atoms with Gasteiger partial charge in [-0.2, -0.15) is 0 Å². The zero-order valence-electron chi connectivity index (χ0n) is 11.6. The summed E-state index contributed by atoms with van der Waals surface area (Å²) < 4.78 is 1.64. The Bertz CT molecular complexity index is 522. The van der Waals surface area contributed by atoms with E-state index in [0.29, 0.717) is 19.4 Å². The van der Waals surface area contributed by atoms with Crippen molar-refractivity contribution in [2.24, 2.45) is 0 Å². The van der Waals surface area contributed by atoms with Crippen molar-refractivity contribution in [2.75, 3.05) is 6.54 Å². The predicted octanol–water partition coefficient (Wildman–Crippen LogP) is 0.918. The smallest absolute Gasteiger partial charge is 0.305 e. The molecule has 0 atom stereocenters. The van der Waals surface area contributed by atoms with Gasteiger partial charge in [-0.1, -0.05) is 6.07 Å². The van der Waals surface area contributed by atoms with E-state index in [1.807, 2.05) is 6.92 Å². The summed E-state index contributed by atoms with van der Waals surface area (Å²) >= 11 is 0. The molecule has 0 aliphatic heterocycles. The molecule has 2 N–H and O–H groups in total. The van der Waals surface area contributed by atoms with Crippen LogP contribution in [0.5, 0.6) is 0 Å². The van der Waals surface area contributed by atoms with Crippen LogP contribution in [0.1, 0.15) is 31.2 Å². The van der Waals surface area contributed by atoms with E-state index in [2.05, 4.69) is 5.32 Å². The van der Waals surface area contributed by atoms with Crippen LogP contribution >= 0.6 is 0 Å². The number of carboxylic acids is 1. The Balaban J connectivity index is 2.21. The highest BCUT2D eigenvalue weighted by Crippen LogP contribution is 1.99. The lowest BCUT2D eigenvalue weighted by molar-refractivity contribution is -0.136. The fourth-order valence-corrected chi connectivity index (χ4v) is 1.79. The molecular formula is C14H20N2O4. The number of pyridine rings is 1. The second-order valence-corrected chi connectivity index (χ2v) is 4.69. The van der Waals surface area contributed by atoms with Gasteiger partial charge < -0.3 is 15.0 Å². The van der Waals surface area contributed by atoms with Crippen molar-refractivity contribution in [1.29, 1.82) is 0 Å². The van der Waals surface area contributed by atoms with Crippen LogP contribution in [0, 0.1) is 6.92 Å². The normalized spacial score (nSPS) is 10.2. The summed E-state index contributed by atoms with van der Waals surface area (Å²) in [5, 5.41) is 11.0. The molecule has 1 aromatic rings. The average molecular weight is 280 g/mol. The molecule has 1 rings (SSSR count). The standard InChI is InChI=1S/C14H20N2O4/c1-11-5-6-13(18)16(10-11)9-3-2-4-12(17)15-8-7-14(19)20/h5-6,10H,2-4,7-9H2,1H3,(H,15,17)(H,19,20). The Morgan fingerprint density at radius 1 is 1.25 bits per heavy atom. The number of rotatable bonds is 8. The van der Waals surface area contributed by atoms with Gasteiger partial charge in [0.05, 0.1) is 6.42 Å². The fraction of sp³-hybridized carbons (Fsp3) is 0.500. The number of carboxylic acid groups (broad SMARTS) is 1. The van der Waals surface area contributed by atoms with Crippen molar-refractivity contribution in [3.63, 3.8) is 0 Å². The lowest BCUT2D eigenvalue weighted by Crippen LogP contribution is -2.25. The summed E-state index contributed by atoms with van der Waals surface area (Å²) in [7, 11) is 0. The zero-order chi connectivity index (χ0) is 15.0. The molecule has 6 nitrogen and oxygen atoms in total. The van der Waals surface area contributed by atoms with Gasteiger partial charge >= 0.3 is 5.97 Å². The van der Waals surface area contributed by atoms with E-state index in [9.17, 15) is 14.4 Å². The van der Waals surface area contributed by atoms with Crippen molar-refractivity contribution in [2.45, 2.75) is 39.2 Å². The Morgan fingerprint density at radius 2 is 2.00 bits per heavy atom. The SMILES string of the molecule is Cc1ccc(=O)n(CCCCC(=O)NCCC(=O)O)c1. The summed E-state index contributed by atoms with van der Waals surface area (Å²) in [6.45, 7) is 2.67. The van der Waals surface area contributed by atoms with E-state index < -0.39 is 5.97 Å². The maximum absolute atomic E-state index is 11.5. The van der Waals surface area contributed by atoms with Crippen LogP contribution in [0.2, 0.25) is 0 Å². The van der Waals surface area contributed by atoms with Gasteiger partial charge in [-0.25, -0.2) is 0 Å². The van der Waals surface area contributed by atoms with Gasteiger partial charge in [0.2, 0.25) is 5.91 Å². The third-order valence-corrected chi connectivity index (χ3v) is 2.85. The van der Waals surface area contributed by atoms with Crippen LogP contribution in [0.3, 0.4) is 0 Å². The van der Waals surface area contributed by atoms with Gasteiger partial charge in [0.1, 0.15) is 0 Å². The second kappa shape index (κ2) is 8.14. The van der Waals surface area contributed by atoms with Crippen molar-refractivity contribution < 1.29 is 14.7 Å². The summed E-state index contributed by atoms with van der Waals surface area (Å²) in [4.78, 5) is 33.2.